The van der Waals surface area contributed by atoms with E-state index in [0.29, 0.717) is 17.8 Å². The standard InChI is InChI=1S/C24H31N3O4/c1-27(15-17-12-13-19(30-2)14-22(17)31-3)16-23(28)26-21-11-7-6-10-20(21)24(29)25-18-8-4-5-9-18/h6-7,10-14,18H,4-5,8-9,15-16H2,1-3H3,(H,25,29)(H,26,28)/p+1. The molecule has 1 unspecified atom stereocenters. The van der Waals surface area contributed by atoms with Crippen molar-refractivity contribution in [3.63, 3.8) is 0 Å². The van der Waals surface area contributed by atoms with Crippen LogP contribution in [0.5, 0.6) is 11.5 Å². The first-order chi connectivity index (χ1) is 15.0. The summed E-state index contributed by atoms with van der Waals surface area (Å²) < 4.78 is 10.7. The maximum atomic E-state index is 12.7. The van der Waals surface area contributed by atoms with Crippen LogP contribution in [0.2, 0.25) is 0 Å². The van der Waals surface area contributed by atoms with Crippen LogP contribution >= 0.6 is 0 Å². The van der Waals surface area contributed by atoms with Crippen molar-refractivity contribution >= 4 is 17.5 Å². The van der Waals surface area contributed by atoms with E-state index in [1.807, 2.05) is 37.4 Å². The lowest BCUT2D eigenvalue weighted by Crippen LogP contribution is -3.08. The Morgan fingerprint density at radius 1 is 1.06 bits per heavy atom. The van der Waals surface area contributed by atoms with Gasteiger partial charge < -0.3 is 25.0 Å². The Labute approximate surface area is 183 Å². The van der Waals surface area contributed by atoms with Crippen LogP contribution < -0.4 is 25.0 Å². The van der Waals surface area contributed by atoms with E-state index in [0.717, 1.165) is 47.6 Å². The zero-order valence-corrected chi connectivity index (χ0v) is 18.5. The maximum absolute atomic E-state index is 12.7. The molecule has 0 aromatic heterocycles. The summed E-state index contributed by atoms with van der Waals surface area (Å²) in [6.45, 7) is 0.873. The van der Waals surface area contributed by atoms with Crippen LogP contribution in [-0.2, 0) is 11.3 Å². The molecule has 0 heterocycles. The molecule has 2 aromatic rings. The number of nitrogens with one attached hydrogen (secondary N) is 3. The van der Waals surface area contributed by atoms with Crippen molar-refractivity contribution in [3.8, 4) is 11.5 Å². The molecule has 1 fully saturated rings. The van der Waals surface area contributed by atoms with Gasteiger partial charge in [-0.05, 0) is 37.1 Å². The van der Waals surface area contributed by atoms with Gasteiger partial charge >= 0.3 is 0 Å². The van der Waals surface area contributed by atoms with E-state index in [2.05, 4.69) is 10.6 Å². The summed E-state index contributed by atoms with van der Waals surface area (Å²) in [4.78, 5) is 26.4. The Balaban J connectivity index is 1.60. The minimum absolute atomic E-state index is 0.133. The number of carbonyl (C=O) groups excluding carboxylic acids is 2. The van der Waals surface area contributed by atoms with E-state index in [9.17, 15) is 9.59 Å². The second kappa shape index (κ2) is 10.8. The molecule has 0 aliphatic heterocycles. The van der Waals surface area contributed by atoms with Crippen LogP contribution in [0, 0.1) is 0 Å². The van der Waals surface area contributed by atoms with E-state index < -0.39 is 0 Å². The molecule has 3 rings (SSSR count). The summed E-state index contributed by atoms with van der Waals surface area (Å²) in [6, 6.07) is 13.0. The molecule has 3 N–H and O–H groups in total. The molecule has 7 heteroatoms. The van der Waals surface area contributed by atoms with Crippen LogP contribution in [0.4, 0.5) is 5.69 Å². The Morgan fingerprint density at radius 3 is 2.52 bits per heavy atom. The number of carbonyl (C=O) groups is 2. The number of amides is 2. The van der Waals surface area contributed by atoms with Gasteiger partial charge in [-0.1, -0.05) is 25.0 Å². The van der Waals surface area contributed by atoms with Crippen molar-refractivity contribution in [3.05, 3.63) is 53.6 Å². The van der Waals surface area contributed by atoms with Crippen molar-refractivity contribution in [1.29, 1.82) is 0 Å². The summed E-state index contributed by atoms with van der Waals surface area (Å²) in [7, 11) is 5.18. The van der Waals surface area contributed by atoms with Crippen molar-refractivity contribution < 1.29 is 24.0 Å². The minimum atomic E-state index is -0.147. The van der Waals surface area contributed by atoms with Gasteiger partial charge in [-0.15, -0.1) is 0 Å². The molecule has 166 valence electrons. The summed E-state index contributed by atoms with van der Waals surface area (Å²) in [6.07, 6.45) is 4.33. The summed E-state index contributed by atoms with van der Waals surface area (Å²) in [5, 5.41) is 5.99. The van der Waals surface area contributed by atoms with Crippen LogP contribution in [0.15, 0.2) is 42.5 Å². The van der Waals surface area contributed by atoms with Crippen molar-refractivity contribution in [2.45, 2.75) is 38.3 Å². The normalized spacial score (nSPS) is 14.7. The summed E-state index contributed by atoms with van der Waals surface area (Å²) in [5.74, 6) is 1.18. The number of likely N-dealkylation sites (N-methyl/N-ethyl adjacent to an activating group) is 1. The molecule has 0 saturated heterocycles. The van der Waals surface area contributed by atoms with E-state index in [1.165, 1.54) is 0 Å². The molecule has 1 saturated carbocycles. The van der Waals surface area contributed by atoms with Crippen LogP contribution in [-0.4, -0.2) is 45.7 Å². The maximum Gasteiger partial charge on any atom is 0.279 e. The van der Waals surface area contributed by atoms with Gasteiger partial charge in [0.2, 0.25) is 0 Å². The molecule has 0 radical (unpaired) electrons. The average molecular weight is 427 g/mol. The van der Waals surface area contributed by atoms with E-state index in [1.54, 1.807) is 26.4 Å². The molecule has 31 heavy (non-hydrogen) atoms. The number of ether oxygens (including phenoxy) is 2. The van der Waals surface area contributed by atoms with Crippen LogP contribution in [0.25, 0.3) is 0 Å². The van der Waals surface area contributed by atoms with Gasteiger partial charge in [0.25, 0.3) is 11.8 Å². The molecular formula is C24H32N3O4+. The number of quaternary nitrogens is 1. The molecule has 2 amide bonds. The predicted molar refractivity (Wildman–Crippen MR) is 120 cm³/mol. The Kier molecular flexibility index (Phi) is 7.89. The van der Waals surface area contributed by atoms with E-state index in [4.69, 9.17) is 9.47 Å². The first kappa shape index (κ1) is 22.6. The molecule has 1 aliphatic rings. The third kappa shape index (κ3) is 6.21. The zero-order chi connectivity index (χ0) is 22.2. The van der Waals surface area contributed by atoms with Gasteiger partial charge in [-0.2, -0.15) is 0 Å². The smallest absolute Gasteiger partial charge is 0.279 e. The second-order valence-corrected chi connectivity index (χ2v) is 8.04. The van der Waals surface area contributed by atoms with Gasteiger partial charge in [0, 0.05) is 17.7 Å². The van der Waals surface area contributed by atoms with Crippen molar-refractivity contribution in [2.24, 2.45) is 0 Å². The number of hydrogen-bond donors (Lipinski definition) is 3. The highest BCUT2D eigenvalue weighted by Gasteiger charge is 2.21. The van der Waals surface area contributed by atoms with E-state index in [-0.39, 0.29) is 24.4 Å². The summed E-state index contributed by atoms with van der Waals surface area (Å²) >= 11 is 0. The average Bonchev–Trinajstić information content (AvgIpc) is 3.27. The molecular weight excluding hydrogens is 394 g/mol. The second-order valence-electron chi connectivity index (χ2n) is 8.04. The third-order valence-corrected chi connectivity index (χ3v) is 5.58. The van der Waals surface area contributed by atoms with Crippen molar-refractivity contribution in [1.82, 2.24) is 5.32 Å². The van der Waals surface area contributed by atoms with Crippen molar-refractivity contribution in [2.75, 3.05) is 33.1 Å². The highest BCUT2D eigenvalue weighted by Crippen LogP contribution is 2.24. The number of anilines is 1. The van der Waals surface area contributed by atoms with Gasteiger partial charge in [-0.3, -0.25) is 9.59 Å². The molecule has 1 atom stereocenters. The Bertz CT molecular complexity index is 909. The number of benzene rings is 2. The molecule has 2 aromatic carbocycles. The number of para-hydroxylation sites is 1. The largest absolute Gasteiger partial charge is 0.497 e. The first-order valence-corrected chi connectivity index (χ1v) is 10.7. The Morgan fingerprint density at radius 2 is 1.81 bits per heavy atom. The quantitative estimate of drug-likeness (QED) is 0.573. The topological polar surface area (TPSA) is 81.1 Å². The van der Waals surface area contributed by atoms with Crippen LogP contribution in [0.3, 0.4) is 0 Å². The van der Waals surface area contributed by atoms with Gasteiger partial charge in [0.15, 0.2) is 6.54 Å². The fraction of sp³-hybridized carbons (Fsp3) is 0.417. The first-order valence-electron chi connectivity index (χ1n) is 10.7. The molecule has 7 nitrogen and oxygen atoms in total. The lowest BCUT2D eigenvalue weighted by Gasteiger charge is -2.17. The lowest BCUT2D eigenvalue weighted by molar-refractivity contribution is -0.885. The fourth-order valence-corrected chi connectivity index (χ4v) is 3.98. The SMILES string of the molecule is COc1ccc(C[NH+](C)CC(=O)Nc2ccccc2C(=O)NC2CCCC2)c(OC)c1. The number of hydrogen-bond acceptors (Lipinski definition) is 4. The molecule has 0 bridgehead atoms. The molecule has 1 aliphatic carbocycles. The van der Waals surface area contributed by atoms with Gasteiger partial charge in [0.1, 0.15) is 18.0 Å². The highest BCUT2D eigenvalue weighted by molar-refractivity contribution is 6.04. The fourth-order valence-electron chi connectivity index (χ4n) is 3.98. The van der Waals surface area contributed by atoms with Gasteiger partial charge in [-0.25, -0.2) is 0 Å². The Hall–Kier alpha value is -3.06. The third-order valence-electron chi connectivity index (χ3n) is 5.58. The molecule has 0 spiro atoms. The number of methoxy groups -OCH3 is 2. The van der Waals surface area contributed by atoms with E-state index >= 15 is 0 Å². The number of rotatable bonds is 9. The predicted octanol–water partition coefficient (Wildman–Crippen LogP) is 2.03. The monoisotopic (exact) mass is 426 g/mol. The van der Waals surface area contributed by atoms with Gasteiger partial charge in [0.05, 0.1) is 32.5 Å². The lowest BCUT2D eigenvalue weighted by atomic mass is 10.1. The zero-order valence-electron chi connectivity index (χ0n) is 18.5. The van der Waals surface area contributed by atoms with Crippen LogP contribution in [0.1, 0.15) is 41.6 Å². The summed E-state index contributed by atoms with van der Waals surface area (Å²) in [5.41, 5.74) is 2.03. The highest BCUT2D eigenvalue weighted by atomic mass is 16.5. The minimum Gasteiger partial charge on any atom is -0.497 e.